The number of amides is 1. The second-order valence-electron chi connectivity index (χ2n) is 9.61. The van der Waals surface area contributed by atoms with Crippen LogP contribution in [0, 0.1) is 19.8 Å². The molecule has 0 saturated carbocycles. The van der Waals surface area contributed by atoms with Crippen molar-refractivity contribution in [2.24, 2.45) is 10.9 Å². The Bertz CT molecular complexity index is 764. The van der Waals surface area contributed by atoms with E-state index >= 15 is 0 Å². The van der Waals surface area contributed by atoms with Crippen molar-refractivity contribution in [2.45, 2.75) is 72.5 Å². The molecule has 2 unspecified atom stereocenters. The molecule has 176 valence electrons. The number of nitrogens with zero attached hydrogens (tertiary/aromatic N) is 2. The number of aryl methyl sites for hydroxylation is 2. The van der Waals surface area contributed by atoms with E-state index in [1.165, 1.54) is 0 Å². The van der Waals surface area contributed by atoms with Crippen LogP contribution in [0.4, 0.5) is 4.79 Å². The molecule has 2 heterocycles. The number of carbonyl (C=O) groups excluding carboxylic acids is 1. The summed E-state index contributed by atoms with van der Waals surface area (Å²) in [6.45, 7) is 16.1. The minimum atomic E-state index is -1.12. The van der Waals surface area contributed by atoms with Crippen LogP contribution in [0.2, 0.25) is 0 Å². The lowest BCUT2D eigenvalue weighted by Gasteiger charge is -2.34. The number of likely N-dealkylation sites (tertiary alicyclic amines) is 1. The summed E-state index contributed by atoms with van der Waals surface area (Å²) < 4.78 is 11.1. The van der Waals surface area contributed by atoms with Crippen LogP contribution in [-0.2, 0) is 10.3 Å². The van der Waals surface area contributed by atoms with Crippen LogP contribution in [-0.4, -0.2) is 60.4 Å². The summed E-state index contributed by atoms with van der Waals surface area (Å²) >= 11 is 0. The largest absolute Gasteiger partial charge is 0.466 e. The van der Waals surface area contributed by atoms with Gasteiger partial charge in [-0.05, 0) is 73.3 Å². The van der Waals surface area contributed by atoms with Crippen molar-refractivity contribution >= 4 is 12.1 Å². The monoisotopic (exact) mass is 436 g/mol. The average Bonchev–Trinajstić information content (AvgIpc) is 3.02. The summed E-state index contributed by atoms with van der Waals surface area (Å²) in [7, 11) is 0. The smallest absolute Gasteiger partial charge is 0.410 e. The Morgan fingerprint density at radius 3 is 2.61 bits per heavy atom. The molecule has 1 aliphatic heterocycles. The van der Waals surface area contributed by atoms with Crippen LogP contribution in [0.3, 0.4) is 0 Å². The molecule has 8 heteroatoms. The van der Waals surface area contributed by atoms with Gasteiger partial charge in [0.2, 0.25) is 0 Å². The first-order chi connectivity index (χ1) is 14.4. The number of piperidine rings is 1. The molecule has 1 saturated heterocycles. The van der Waals surface area contributed by atoms with Crippen LogP contribution in [0.15, 0.2) is 15.5 Å². The average molecular weight is 437 g/mol. The number of hydrogen-bond acceptors (Lipinski definition) is 5. The summed E-state index contributed by atoms with van der Waals surface area (Å²) in [6, 6.07) is 1.86. The molecule has 0 aromatic carbocycles. The van der Waals surface area contributed by atoms with Crippen molar-refractivity contribution < 1.29 is 19.1 Å². The van der Waals surface area contributed by atoms with Crippen LogP contribution in [0.5, 0.6) is 0 Å². The summed E-state index contributed by atoms with van der Waals surface area (Å²) in [6.07, 6.45) is 1.74. The maximum atomic E-state index is 12.4. The number of hydrogen-bond donors (Lipinski definition) is 3. The number of carbonyl (C=O) groups is 1. The molecule has 1 amide bonds. The van der Waals surface area contributed by atoms with E-state index in [2.05, 4.69) is 15.6 Å². The zero-order valence-corrected chi connectivity index (χ0v) is 20.2. The van der Waals surface area contributed by atoms with E-state index < -0.39 is 11.2 Å². The molecular formula is C23H40N4O4. The zero-order chi connectivity index (χ0) is 23.2. The Labute approximate surface area is 186 Å². The number of rotatable bonds is 6. The fourth-order valence-electron chi connectivity index (χ4n) is 3.79. The summed E-state index contributed by atoms with van der Waals surface area (Å²) in [5.41, 5.74) is -0.858. The number of nitrogens with one attached hydrogen (secondary N) is 2. The Morgan fingerprint density at radius 1 is 1.32 bits per heavy atom. The van der Waals surface area contributed by atoms with E-state index in [-0.39, 0.29) is 12.6 Å². The van der Waals surface area contributed by atoms with Gasteiger partial charge in [0, 0.05) is 31.7 Å². The number of aliphatic imine (C=N–C) groups is 1. The molecule has 3 N–H and O–H groups in total. The molecule has 31 heavy (non-hydrogen) atoms. The molecule has 0 aliphatic carbocycles. The lowest BCUT2D eigenvalue weighted by molar-refractivity contribution is 0.0168. The maximum Gasteiger partial charge on any atom is 0.410 e. The molecule has 8 nitrogen and oxygen atoms in total. The van der Waals surface area contributed by atoms with E-state index in [1.54, 1.807) is 11.8 Å². The van der Waals surface area contributed by atoms with Gasteiger partial charge in [-0.2, -0.15) is 0 Å². The predicted octanol–water partition coefficient (Wildman–Crippen LogP) is 3.31. The molecule has 1 fully saturated rings. The van der Waals surface area contributed by atoms with Crippen molar-refractivity contribution in [3.05, 3.63) is 23.2 Å². The topological polar surface area (TPSA) is 99.3 Å². The highest BCUT2D eigenvalue weighted by molar-refractivity contribution is 5.79. The highest BCUT2D eigenvalue weighted by Gasteiger charge is 2.29. The Kier molecular flexibility index (Phi) is 8.40. The third-order valence-electron chi connectivity index (χ3n) is 5.24. The van der Waals surface area contributed by atoms with Crippen molar-refractivity contribution in [3.8, 4) is 0 Å². The molecular weight excluding hydrogens is 396 g/mol. The first-order valence-electron chi connectivity index (χ1n) is 11.2. The lowest BCUT2D eigenvalue weighted by Crippen LogP contribution is -2.47. The van der Waals surface area contributed by atoms with Crippen LogP contribution < -0.4 is 10.6 Å². The molecule has 1 aromatic heterocycles. The summed E-state index contributed by atoms with van der Waals surface area (Å²) in [5, 5.41) is 17.5. The van der Waals surface area contributed by atoms with Gasteiger partial charge >= 0.3 is 6.09 Å². The predicted molar refractivity (Wildman–Crippen MR) is 122 cm³/mol. The van der Waals surface area contributed by atoms with Crippen molar-refractivity contribution in [3.63, 3.8) is 0 Å². The van der Waals surface area contributed by atoms with Crippen LogP contribution >= 0.6 is 0 Å². The highest BCUT2D eigenvalue weighted by Crippen LogP contribution is 2.27. The maximum absolute atomic E-state index is 12.4. The number of ether oxygens (including phenoxy) is 1. The van der Waals surface area contributed by atoms with Gasteiger partial charge < -0.3 is 29.8 Å². The fourth-order valence-corrected chi connectivity index (χ4v) is 3.79. The Hall–Kier alpha value is -2.22. The van der Waals surface area contributed by atoms with Crippen LogP contribution in [0.25, 0.3) is 0 Å². The van der Waals surface area contributed by atoms with E-state index in [4.69, 9.17) is 9.15 Å². The van der Waals surface area contributed by atoms with E-state index in [1.807, 2.05) is 47.6 Å². The Morgan fingerprint density at radius 2 is 2.03 bits per heavy atom. The molecule has 2 atom stereocenters. The lowest BCUT2D eigenvalue weighted by atomic mass is 9.96. The van der Waals surface area contributed by atoms with E-state index in [0.717, 1.165) is 30.7 Å². The first-order valence-corrected chi connectivity index (χ1v) is 11.2. The molecule has 0 spiro atoms. The third kappa shape index (κ3) is 7.76. The molecule has 1 aliphatic rings. The quantitative estimate of drug-likeness (QED) is 0.467. The van der Waals surface area contributed by atoms with Crippen molar-refractivity contribution in [1.82, 2.24) is 15.5 Å². The van der Waals surface area contributed by atoms with Crippen molar-refractivity contribution in [2.75, 3.05) is 32.7 Å². The van der Waals surface area contributed by atoms with E-state index in [0.29, 0.717) is 37.3 Å². The zero-order valence-electron chi connectivity index (χ0n) is 20.2. The first kappa shape index (κ1) is 25.0. The molecule has 1 aromatic rings. The molecule has 0 bridgehead atoms. The summed E-state index contributed by atoms with van der Waals surface area (Å²) in [5.74, 6) is 2.44. The number of aliphatic hydroxyl groups is 1. The Balaban J connectivity index is 1.95. The SMILES string of the molecule is CCNC(=NCC(C)(O)c1cc(C)oc1C)NCC1CCCN(C(=O)OC(C)(C)C)C1. The van der Waals surface area contributed by atoms with Crippen molar-refractivity contribution in [1.29, 1.82) is 0 Å². The number of guanidine groups is 1. The second-order valence-corrected chi connectivity index (χ2v) is 9.61. The van der Waals surface area contributed by atoms with Gasteiger partial charge in [0.15, 0.2) is 5.96 Å². The summed E-state index contributed by atoms with van der Waals surface area (Å²) in [4.78, 5) is 18.8. The minimum absolute atomic E-state index is 0.205. The normalized spacial score (nSPS) is 19.7. The van der Waals surface area contributed by atoms with E-state index in [9.17, 15) is 9.90 Å². The van der Waals surface area contributed by atoms with Gasteiger partial charge in [0.05, 0.1) is 6.54 Å². The highest BCUT2D eigenvalue weighted by atomic mass is 16.6. The minimum Gasteiger partial charge on any atom is -0.466 e. The van der Waals surface area contributed by atoms with Gasteiger partial charge in [-0.1, -0.05) is 0 Å². The number of furan rings is 1. The van der Waals surface area contributed by atoms with Gasteiger partial charge in [-0.3, -0.25) is 0 Å². The second kappa shape index (κ2) is 10.4. The van der Waals surface area contributed by atoms with Gasteiger partial charge in [0.1, 0.15) is 22.7 Å². The standard InChI is InChI=1S/C23H40N4O4/c1-8-24-20(26-15-23(7,29)19-12-16(2)30-17(19)3)25-13-18-10-9-11-27(14-18)21(28)31-22(4,5)6/h12,18,29H,8-11,13-15H2,1-7H3,(H2,24,25,26). The van der Waals surface area contributed by atoms with Gasteiger partial charge in [-0.25, -0.2) is 9.79 Å². The third-order valence-corrected chi connectivity index (χ3v) is 5.24. The molecule has 0 radical (unpaired) electrons. The van der Waals surface area contributed by atoms with Gasteiger partial charge in [-0.15, -0.1) is 0 Å². The van der Waals surface area contributed by atoms with Gasteiger partial charge in [0.25, 0.3) is 0 Å². The fraction of sp³-hybridized carbons (Fsp3) is 0.739. The molecule has 2 rings (SSSR count). The van der Waals surface area contributed by atoms with Crippen LogP contribution in [0.1, 0.15) is 64.5 Å².